The zero-order valence-corrected chi connectivity index (χ0v) is 16.3. The van der Waals surface area contributed by atoms with Crippen molar-refractivity contribution < 1.29 is 19.1 Å². The van der Waals surface area contributed by atoms with Crippen molar-refractivity contribution in [1.29, 1.82) is 0 Å². The number of nitrogens with one attached hydrogen (secondary N) is 1. The second-order valence-corrected chi connectivity index (χ2v) is 7.13. The van der Waals surface area contributed by atoms with E-state index in [1.165, 1.54) is 23.1 Å². The summed E-state index contributed by atoms with van der Waals surface area (Å²) in [4.78, 5) is 28.8. The lowest BCUT2D eigenvalue weighted by Crippen LogP contribution is -2.35. The molecule has 7 nitrogen and oxygen atoms in total. The minimum atomic E-state index is -1.00. The van der Waals surface area contributed by atoms with Crippen LogP contribution in [0.25, 0.3) is 5.76 Å². The third-order valence-corrected chi connectivity index (χ3v) is 4.89. The number of likely N-dealkylation sites (N-methyl/N-ethyl adjacent to an activating group) is 1. The van der Waals surface area contributed by atoms with Crippen molar-refractivity contribution in [2.45, 2.75) is 19.9 Å². The van der Waals surface area contributed by atoms with E-state index in [1.807, 2.05) is 19.0 Å². The van der Waals surface area contributed by atoms with Gasteiger partial charge in [0.1, 0.15) is 11.6 Å². The average Bonchev–Trinajstić information content (AvgIpc) is 3.10. The number of benzene rings is 1. The molecule has 0 saturated carbocycles. The maximum absolute atomic E-state index is 14.6. The number of aliphatic hydroxyl groups excluding tert-OH is 1. The van der Waals surface area contributed by atoms with Crippen molar-refractivity contribution in [3.05, 3.63) is 58.2 Å². The van der Waals surface area contributed by atoms with Crippen molar-refractivity contribution in [2.75, 3.05) is 27.2 Å². The highest BCUT2D eigenvalue weighted by Crippen LogP contribution is 2.40. The number of amides is 1. The second-order valence-electron chi connectivity index (χ2n) is 7.13. The molecular weight excluding hydrogens is 363 g/mol. The Balaban J connectivity index is 2.22. The highest BCUT2D eigenvalue weighted by Gasteiger charge is 2.47. The molecule has 0 bridgehead atoms. The molecule has 1 fully saturated rings. The van der Waals surface area contributed by atoms with E-state index < -0.39 is 23.5 Å². The number of carbonyl (C=O) groups excluding carboxylic acids is 2. The number of rotatable bonds is 5. The summed E-state index contributed by atoms with van der Waals surface area (Å²) in [6, 6.07) is 4.97. The number of hydrogen-bond acceptors (Lipinski definition) is 5. The van der Waals surface area contributed by atoms with E-state index in [1.54, 1.807) is 19.9 Å². The summed E-state index contributed by atoms with van der Waals surface area (Å²) in [5.74, 6) is -2.47. The predicted octanol–water partition coefficient (Wildman–Crippen LogP) is 2.15. The van der Waals surface area contributed by atoms with Gasteiger partial charge in [-0.25, -0.2) is 4.39 Å². The molecule has 0 spiro atoms. The molecule has 0 aliphatic carbocycles. The topological polar surface area (TPSA) is 89.5 Å². The summed E-state index contributed by atoms with van der Waals surface area (Å²) in [5.41, 5.74) is 1.44. The van der Waals surface area contributed by atoms with E-state index in [0.717, 1.165) is 0 Å². The van der Waals surface area contributed by atoms with Crippen LogP contribution < -0.4 is 0 Å². The van der Waals surface area contributed by atoms with Crippen LogP contribution in [0.4, 0.5) is 4.39 Å². The van der Waals surface area contributed by atoms with E-state index in [2.05, 4.69) is 10.2 Å². The summed E-state index contributed by atoms with van der Waals surface area (Å²) in [5, 5.41) is 17.8. The number of aliphatic hydroxyl groups is 1. The molecule has 2 N–H and O–H groups in total. The Morgan fingerprint density at radius 1 is 1.29 bits per heavy atom. The molecule has 2 aromatic rings. The van der Waals surface area contributed by atoms with Gasteiger partial charge in [0.2, 0.25) is 0 Å². The van der Waals surface area contributed by atoms with Gasteiger partial charge in [-0.15, -0.1) is 0 Å². The number of H-pyrrole nitrogens is 1. The van der Waals surface area contributed by atoms with Gasteiger partial charge in [0.05, 0.1) is 22.9 Å². The molecule has 0 radical (unpaired) electrons. The molecule has 1 atom stereocenters. The fourth-order valence-electron chi connectivity index (χ4n) is 3.47. The molecular formula is C20H23FN4O3. The van der Waals surface area contributed by atoms with Crippen molar-refractivity contribution in [1.82, 2.24) is 20.0 Å². The van der Waals surface area contributed by atoms with Crippen LogP contribution in [0.1, 0.15) is 28.6 Å². The average molecular weight is 386 g/mol. The molecule has 8 heteroatoms. The van der Waals surface area contributed by atoms with Gasteiger partial charge < -0.3 is 14.9 Å². The third kappa shape index (κ3) is 3.31. The van der Waals surface area contributed by atoms with E-state index in [9.17, 15) is 19.1 Å². The lowest BCUT2D eigenvalue weighted by molar-refractivity contribution is -0.140. The van der Waals surface area contributed by atoms with Gasteiger partial charge in [-0.3, -0.25) is 14.7 Å². The number of ketones is 1. The zero-order valence-electron chi connectivity index (χ0n) is 16.3. The van der Waals surface area contributed by atoms with Crippen molar-refractivity contribution >= 4 is 17.4 Å². The molecule has 3 rings (SSSR count). The van der Waals surface area contributed by atoms with Crippen LogP contribution in [-0.2, 0) is 9.59 Å². The molecule has 1 saturated heterocycles. The van der Waals surface area contributed by atoms with Gasteiger partial charge in [0.25, 0.3) is 11.7 Å². The fourth-order valence-corrected chi connectivity index (χ4v) is 3.47. The van der Waals surface area contributed by atoms with Gasteiger partial charge in [-0.2, -0.15) is 5.10 Å². The summed E-state index contributed by atoms with van der Waals surface area (Å²) in [6.45, 7) is 4.09. The SMILES string of the molecule is Cc1n[nH]c(C)c1/C(O)=C1\C(=O)C(=O)N(CCN(C)C)[C@H]1c1ccccc1F. The first-order chi connectivity index (χ1) is 13.2. The van der Waals surface area contributed by atoms with Crippen LogP contribution in [0.5, 0.6) is 0 Å². The highest BCUT2D eigenvalue weighted by molar-refractivity contribution is 6.46. The van der Waals surface area contributed by atoms with Crippen molar-refractivity contribution in [3.8, 4) is 0 Å². The Labute approximate surface area is 162 Å². The van der Waals surface area contributed by atoms with Gasteiger partial charge in [-0.1, -0.05) is 18.2 Å². The van der Waals surface area contributed by atoms with Crippen LogP contribution in [0.15, 0.2) is 29.8 Å². The number of aryl methyl sites for hydroxylation is 2. The number of aromatic nitrogens is 2. The molecule has 148 valence electrons. The van der Waals surface area contributed by atoms with Gasteiger partial charge >= 0.3 is 0 Å². The summed E-state index contributed by atoms with van der Waals surface area (Å²) in [6.07, 6.45) is 0. The first-order valence-corrected chi connectivity index (χ1v) is 8.93. The molecule has 0 unspecified atom stereocenters. The Morgan fingerprint density at radius 3 is 2.54 bits per heavy atom. The lowest BCUT2D eigenvalue weighted by atomic mass is 9.94. The number of nitrogens with zero attached hydrogens (tertiary/aromatic N) is 3. The maximum atomic E-state index is 14.6. The van der Waals surface area contributed by atoms with Crippen molar-refractivity contribution in [3.63, 3.8) is 0 Å². The van der Waals surface area contributed by atoms with Crippen molar-refractivity contribution in [2.24, 2.45) is 0 Å². The Hall–Kier alpha value is -3.00. The summed E-state index contributed by atoms with van der Waals surface area (Å²) >= 11 is 0. The largest absolute Gasteiger partial charge is 0.507 e. The predicted molar refractivity (Wildman–Crippen MR) is 102 cm³/mol. The van der Waals surface area contributed by atoms with Gasteiger partial charge in [0, 0.05) is 24.3 Å². The zero-order chi connectivity index (χ0) is 20.6. The minimum absolute atomic E-state index is 0.124. The Bertz CT molecular complexity index is 945. The smallest absolute Gasteiger partial charge is 0.295 e. The second kappa shape index (κ2) is 7.55. The molecule has 1 amide bonds. The standard InChI is InChI=1S/C20H23FN4O3/c1-11-15(12(2)23-22-11)18(26)16-17(13-7-5-6-8-14(13)21)25(10-9-24(3)4)20(28)19(16)27/h5-8,17,26H,9-10H2,1-4H3,(H,22,23)/b18-16+/t17-/m0/s1. The van der Waals surface area contributed by atoms with E-state index in [-0.39, 0.29) is 23.4 Å². The molecule has 1 aliphatic rings. The normalized spacial score (nSPS) is 19.1. The van der Waals surface area contributed by atoms with E-state index in [0.29, 0.717) is 23.5 Å². The number of carbonyl (C=O) groups is 2. The molecule has 1 aromatic carbocycles. The third-order valence-electron chi connectivity index (χ3n) is 4.89. The number of aromatic amines is 1. The minimum Gasteiger partial charge on any atom is -0.507 e. The van der Waals surface area contributed by atoms with Crippen LogP contribution in [-0.4, -0.2) is 64.0 Å². The maximum Gasteiger partial charge on any atom is 0.295 e. The van der Waals surface area contributed by atoms with Crippen LogP contribution >= 0.6 is 0 Å². The first-order valence-electron chi connectivity index (χ1n) is 8.93. The van der Waals surface area contributed by atoms with E-state index >= 15 is 0 Å². The summed E-state index contributed by atoms with van der Waals surface area (Å²) in [7, 11) is 3.68. The van der Waals surface area contributed by atoms with E-state index in [4.69, 9.17) is 0 Å². The molecule has 1 aromatic heterocycles. The van der Waals surface area contributed by atoms with Gasteiger partial charge in [0.15, 0.2) is 0 Å². The van der Waals surface area contributed by atoms with Crippen LogP contribution in [0.3, 0.4) is 0 Å². The molecule has 28 heavy (non-hydrogen) atoms. The molecule has 2 heterocycles. The molecule has 1 aliphatic heterocycles. The monoisotopic (exact) mass is 386 g/mol. The fraction of sp³-hybridized carbons (Fsp3) is 0.350. The van der Waals surface area contributed by atoms with Gasteiger partial charge in [-0.05, 0) is 34.0 Å². The summed E-state index contributed by atoms with van der Waals surface area (Å²) < 4.78 is 14.6. The number of halogens is 1. The highest BCUT2D eigenvalue weighted by atomic mass is 19.1. The van der Waals surface area contributed by atoms with Crippen LogP contribution in [0.2, 0.25) is 0 Å². The number of Topliss-reactive ketones (excluding diaryl/α,β-unsaturated/α-hetero) is 1. The number of hydrogen-bond donors (Lipinski definition) is 2. The van der Waals surface area contributed by atoms with Crippen LogP contribution in [0, 0.1) is 19.7 Å². The Kier molecular flexibility index (Phi) is 5.33. The lowest BCUT2D eigenvalue weighted by Gasteiger charge is -2.26. The Morgan fingerprint density at radius 2 is 1.96 bits per heavy atom. The quantitative estimate of drug-likeness (QED) is 0.467. The first kappa shape index (κ1) is 19.8. The number of likely N-dealkylation sites (tertiary alicyclic amines) is 1.